The van der Waals surface area contributed by atoms with Crippen LogP contribution in [-0.2, 0) is 42.2 Å². The van der Waals surface area contributed by atoms with Crippen LogP contribution in [0.4, 0.5) is 32.9 Å². The molecule has 2 heterocycles. The Labute approximate surface area is 485 Å². The number of amides is 2. The minimum Gasteiger partial charge on any atom is -0.444 e. The summed E-state index contributed by atoms with van der Waals surface area (Å²) in [6, 6.07) is 55.9. The van der Waals surface area contributed by atoms with Gasteiger partial charge in [0.15, 0.2) is 0 Å². The second kappa shape index (κ2) is 32.2. The second-order valence-electron chi connectivity index (χ2n) is 21.4. The van der Waals surface area contributed by atoms with Gasteiger partial charge in [-0.1, -0.05) is 158 Å². The van der Waals surface area contributed by atoms with Crippen LogP contribution in [-0.4, -0.2) is 43.3 Å². The zero-order valence-electron chi connectivity index (χ0n) is 48.9. The third-order valence-corrected chi connectivity index (χ3v) is 11.7. The summed E-state index contributed by atoms with van der Waals surface area (Å²) in [5.41, 5.74) is 30.5. The average Bonchev–Trinajstić information content (AvgIpc) is 3.45. The number of para-hydroxylation sites is 2. The molecule has 0 unspecified atom stereocenters. The van der Waals surface area contributed by atoms with E-state index < -0.39 is 17.3 Å². The summed E-state index contributed by atoms with van der Waals surface area (Å²) in [5.74, 6) is 1.33. The van der Waals surface area contributed by atoms with Gasteiger partial charge in [0.1, 0.15) is 11.2 Å². The summed E-state index contributed by atoms with van der Waals surface area (Å²) in [4.78, 5) is 40.8. The van der Waals surface area contributed by atoms with Crippen molar-refractivity contribution >= 4 is 57.3 Å². The SMILES string of the molecule is C.CC(C)(C)OC(=O)NCc1ccc(N)cc1.Cc1ccc(CN)cc1.Cc1ccc(CNC(=O)OC(C)(C)C)cc1.Cc1ccc(CNc2nc(C)c3ccccc3n2)cc1.Cc1nc(NCc2ccc(N)cc2)nc2ccccc12. The Hall–Kier alpha value is -9.08. The highest BCUT2D eigenvalue weighted by molar-refractivity contribution is 5.82. The maximum Gasteiger partial charge on any atom is 0.407 e. The topological polar surface area (TPSA) is 230 Å². The molecule has 0 aliphatic carbocycles. The van der Waals surface area contributed by atoms with Gasteiger partial charge in [-0.05, 0) is 140 Å². The van der Waals surface area contributed by atoms with Crippen LogP contribution < -0.4 is 38.5 Å². The Morgan fingerprint density at radius 3 is 1.02 bits per heavy atom. The summed E-state index contributed by atoms with van der Waals surface area (Å²) >= 11 is 0. The Balaban J connectivity index is 0.000000224. The number of nitrogens with two attached hydrogens (primary N) is 3. The molecule has 0 aliphatic rings. The predicted molar refractivity (Wildman–Crippen MR) is 339 cm³/mol. The van der Waals surface area contributed by atoms with Crippen molar-refractivity contribution in [2.24, 2.45) is 5.73 Å². The quantitative estimate of drug-likeness (QED) is 0.0599. The molecule has 0 saturated carbocycles. The number of aryl methyl sites for hydroxylation is 5. The number of carbonyl (C=O) groups is 2. The molecular weight excluding hydrogens is 1020 g/mol. The van der Waals surface area contributed by atoms with Gasteiger partial charge in [0.05, 0.1) is 22.4 Å². The van der Waals surface area contributed by atoms with Crippen LogP contribution in [0.3, 0.4) is 0 Å². The number of nitrogens with one attached hydrogen (secondary N) is 4. The molecule has 7 aromatic carbocycles. The van der Waals surface area contributed by atoms with E-state index in [1.54, 1.807) is 12.1 Å². The molecular formula is C67H85N11O4. The molecule has 82 heavy (non-hydrogen) atoms. The zero-order valence-corrected chi connectivity index (χ0v) is 48.9. The minimum atomic E-state index is -0.467. The summed E-state index contributed by atoms with van der Waals surface area (Å²) in [5, 5.41) is 14.1. The zero-order chi connectivity index (χ0) is 59.0. The van der Waals surface area contributed by atoms with E-state index in [9.17, 15) is 9.59 Å². The van der Waals surface area contributed by atoms with E-state index in [2.05, 4.69) is 110 Å². The molecule has 0 fully saturated rings. The Kier molecular flexibility index (Phi) is 25.7. The number of fused-ring (bicyclic) bond motifs is 2. The molecule has 15 heteroatoms. The van der Waals surface area contributed by atoms with Crippen LogP contribution in [0, 0.1) is 34.6 Å². The largest absolute Gasteiger partial charge is 0.444 e. The number of carbonyl (C=O) groups excluding carboxylic acids is 2. The molecule has 10 N–H and O–H groups in total. The van der Waals surface area contributed by atoms with Crippen molar-refractivity contribution in [3.8, 4) is 0 Å². The molecule has 9 aromatic rings. The highest BCUT2D eigenvalue weighted by Gasteiger charge is 2.17. The van der Waals surface area contributed by atoms with Crippen LogP contribution in [0.5, 0.6) is 0 Å². The predicted octanol–water partition coefficient (Wildman–Crippen LogP) is 14.4. The highest BCUT2D eigenvalue weighted by atomic mass is 16.6. The highest BCUT2D eigenvalue weighted by Crippen LogP contribution is 2.19. The number of nitrogens with zero attached hydrogens (tertiary/aromatic N) is 4. The van der Waals surface area contributed by atoms with Gasteiger partial charge in [0.25, 0.3) is 0 Å². The molecule has 0 atom stereocenters. The smallest absolute Gasteiger partial charge is 0.407 e. The minimum absolute atomic E-state index is 0. The van der Waals surface area contributed by atoms with Crippen LogP contribution in [0.1, 0.15) is 105 Å². The van der Waals surface area contributed by atoms with Crippen LogP contribution in [0.2, 0.25) is 0 Å². The molecule has 15 nitrogen and oxygen atoms in total. The van der Waals surface area contributed by atoms with Crippen molar-refractivity contribution < 1.29 is 19.1 Å². The number of aromatic nitrogens is 4. The fourth-order valence-corrected chi connectivity index (χ4v) is 7.37. The summed E-state index contributed by atoms with van der Waals surface area (Å²) in [6.07, 6.45) is -0.794. The third-order valence-electron chi connectivity index (χ3n) is 11.7. The van der Waals surface area contributed by atoms with Crippen molar-refractivity contribution in [2.45, 2.75) is 128 Å². The summed E-state index contributed by atoms with van der Waals surface area (Å²) < 4.78 is 10.2. The van der Waals surface area contributed by atoms with Crippen molar-refractivity contribution in [3.63, 3.8) is 0 Å². The van der Waals surface area contributed by atoms with Gasteiger partial charge in [-0.15, -0.1) is 0 Å². The van der Waals surface area contributed by atoms with Crippen molar-refractivity contribution in [2.75, 3.05) is 22.1 Å². The lowest BCUT2D eigenvalue weighted by Gasteiger charge is -2.19. The van der Waals surface area contributed by atoms with E-state index in [-0.39, 0.29) is 13.5 Å². The van der Waals surface area contributed by atoms with Gasteiger partial charge in [0, 0.05) is 54.9 Å². The Morgan fingerprint density at radius 1 is 0.415 bits per heavy atom. The van der Waals surface area contributed by atoms with Crippen LogP contribution in [0.25, 0.3) is 21.8 Å². The standard InChI is InChI=1S/C17H17N3.C16H16N4.C13H19NO2.C12H18N2O2.C8H11N.CH4/c1-12-7-9-14(10-8-12)11-18-17-19-13(2)15-5-3-4-6-16(15)20-17;1-11-14-4-2-3-5-15(14)20-16(19-11)18-10-12-6-8-13(17)9-7-12;1-10-5-7-11(8-6-10)9-14-12(15)16-13(2,3)4;1-12(2,3)16-11(15)14-8-9-4-6-10(13)7-5-9;1-7-2-4-8(6-9)5-3-7;/h3-10H,11H2,1-2H3,(H,18,19,20);2-9H,10,17H2,1H3,(H,18,19,20);5-8H,9H2,1-4H3,(H,14,15);4-7H,8,13H2,1-3H3,(H,14,15);2-5H,6,9H2,1H3;1H4. The average molecular weight is 1110 g/mol. The van der Waals surface area contributed by atoms with E-state index in [4.69, 9.17) is 26.7 Å². The lowest BCUT2D eigenvalue weighted by atomic mass is 10.1. The van der Waals surface area contributed by atoms with Crippen LogP contribution in [0.15, 0.2) is 170 Å². The normalized spacial score (nSPS) is 10.5. The van der Waals surface area contributed by atoms with Crippen molar-refractivity contribution in [3.05, 3.63) is 226 Å². The Morgan fingerprint density at radius 2 is 0.707 bits per heavy atom. The number of alkyl carbamates (subject to hydrolysis) is 2. The molecule has 2 amide bonds. The van der Waals surface area contributed by atoms with E-state index in [1.807, 2.05) is 165 Å². The lowest BCUT2D eigenvalue weighted by Crippen LogP contribution is -2.32. The molecule has 0 saturated heterocycles. The van der Waals surface area contributed by atoms with Gasteiger partial charge < -0.3 is 47.9 Å². The number of hydrogen-bond acceptors (Lipinski definition) is 13. The first-order valence-electron chi connectivity index (χ1n) is 26.9. The number of rotatable bonds is 11. The maximum atomic E-state index is 11.4. The maximum absolute atomic E-state index is 11.4. The summed E-state index contributed by atoms with van der Waals surface area (Å²) in [6.45, 7) is 24.2. The molecule has 0 radical (unpaired) electrons. The number of anilines is 4. The number of hydrogen-bond donors (Lipinski definition) is 7. The number of benzene rings is 7. The van der Waals surface area contributed by atoms with Crippen molar-refractivity contribution in [1.29, 1.82) is 0 Å². The van der Waals surface area contributed by atoms with E-state index in [0.29, 0.717) is 43.8 Å². The van der Waals surface area contributed by atoms with Gasteiger partial charge in [-0.25, -0.2) is 29.5 Å². The molecule has 432 valence electrons. The number of nitrogen functional groups attached to an aromatic ring is 2. The van der Waals surface area contributed by atoms with E-state index in [1.165, 1.54) is 27.8 Å². The second-order valence-corrected chi connectivity index (χ2v) is 21.4. The van der Waals surface area contributed by atoms with E-state index >= 15 is 0 Å². The van der Waals surface area contributed by atoms with Gasteiger partial charge in [-0.3, -0.25) is 0 Å². The molecule has 0 aliphatic heterocycles. The Bertz CT molecular complexity index is 3150. The van der Waals surface area contributed by atoms with Gasteiger partial charge in [-0.2, -0.15) is 0 Å². The van der Waals surface area contributed by atoms with E-state index in [0.717, 1.165) is 62.1 Å². The molecule has 0 spiro atoms. The monoisotopic (exact) mass is 1110 g/mol. The fourth-order valence-electron chi connectivity index (χ4n) is 7.37. The van der Waals surface area contributed by atoms with Gasteiger partial charge >= 0.3 is 12.2 Å². The summed E-state index contributed by atoms with van der Waals surface area (Å²) in [7, 11) is 0. The molecule has 2 aromatic heterocycles. The fraction of sp³-hybridized carbons (Fsp3) is 0.284. The molecule has 9 rings (SSSR count). The third kappa shape index (κ3) is 24.5. The van der Waals surface area contributed by atoms with Crippen LogP contribution >= 0.6 is 0 Å². The molecule has 0 bridgehead atoms. The number of ether oxygens (including phenoxy) is 2. The first-order valence-corrected chi connectivity index (χ1v) is 26.9. The first kappa shape index (κ1) is 65.4. The van der Waals surface area contributed by atoms with Gasteiger partial charge in [0.2, 0.25) is 11.9 Å². The van der Waals surface area contributed by atoms with Crippen molar-refractivity contribution in [1.82, 2.24) is 30.6 Å². The first-order chi connectivity index (χ1) is 38.5. The lowest BCUT2D eigenvalue weighted by molar-refractivity contribution is 0.0512.